The van der Waals surface area contributed by atoms with Gasteiger partial charge in [0.1, 0.15) is 5.75 Å². The first-order valence-electron chi connectivity index (χ1n) is 6.56. The molecule has 0 aliphatic heterocycles. The van der Waals surface area contributed by atoms with Crippen molar-refractivity contribution in [1.29, 1.82) is 0 Å². The summed E-state index contributed by atoms with van der Waals surface area (Å²) < 4.78 is 27.6. The molecule has 0 unspecified atom stereocenters. The van der Waals surface area contributed by atoms with Crippen LogP contribution in [0.1, 0.15) is 0 Å². The molecule has 3 rings (SSSR count). The molecule has 2 N–H and O–H groups in total. The molecule has 0 amide bonds. The summed E-state index contributed by atoms with van der Waals surface area (Å²) in [5.74, 6) is 0.0781. The zero-order valence-electron chi connectivity index (χ0n) is 11.6. The van der Waals surface area contributed by atoms with Crippen LogP contribution in [0.3, 0.4) is 0 Å². The smallest absolute Gasteiger partial charge is 0.262 e. The molecule has 3 aromatic carbocycles. The molecule has 0 atom stereocenters. The Bertz CT molecular complexity index is 983. The maximum absolute atomic E-state index is 12.5. The topological polar surface area (TPSA) is 66.4 Å². The lowest BCUT2D eigenvalue weighted by atomic mass is 10.1. The Morgan fingerprint density at radius 2 is 1.48 bits per heavy atom. The van der Waals surface area contributed by atoms with Crippen molar-refractivity contribution < 1.29 is 13.5 Å². The highest BCUT2D eigenvalue weighted by Crippen LogP contribution is 2.31. The van der Waals surface area contributed by atoms with Gasteiger partial charge in [-0.2, -0.15) is 0 Å². The van der Waals surface area contributed by atoms with Gasteiger partial charge in [0.05, 0.1) is 10.6 Å². The van der Waals surface area contributed by atoms with E-state index in [-0.39, 0.29) is 20.7 Å². The van der Waals surface area contributed by atoms with E-state index in [4.69, 9.17) is 23.2 Å². The third-order valence-corrected chi connectivity index (χ3v) is 5.07. The Balaban J connectivity index is 2.09. The summed E-state index contributed by atoms with van der Waals surface area (Å²) in [4.78, 5) is -0.0350. The molecule has 0 spiro atoms. The number of halogens is 2. The molecular formula is C16H11Cl2NO3S. The average molecular weight is 368 g/mol. The van der Waals surface area contributed by atoms with E-state index in [1.807, 2.05) is 0 Å². The number of hydrogen-bond acceptors (Lipinski definition) is 3. The molecule has 0 aliphatic carbocycles. The number of rotatable bonds is 3. The van der Waals surface area contributed by atoms with Gasteiger partial charge < -0.3 is 5.11 Å². The van der Waals surface area contributed by atoms with E-state index in [9.17, 15) is 13.5 Å². The van der Waals surface area contributed by atoms with E-state index in [2.05, 4.69) is 4.72 Å². The molecule has 0 saturated carbocycles. The summed E-state index contributed by atoms with van der Waals surface area (Å²) >= 11 is 11.7. The zero-order chi connectivity index (χ0) is 16.6. The molecular weight excluding hydrogens is 357 g/mol. The number of phenolic OH excluding ortho intramolecular Hbond substituents is 1. The average Bonchev–Trinajstić information content (AvgIpc) is 2.47. The molecule has 3 aromatic rings. The SMILES string of the molecule is O=S(=O)(Nc1cccc2c(O)cccc12)c1cc(Cl)cc(Cl)c1. The number of sulfonamides is 1. The van der Waals surface area contributed by atoms with E-state index in [1.54, 1.807) is 30.3 Å². The highest BCUT2D eigenvalue weighted by atomic mass is 35.5. The van der Waals surface area contributed by atoms with E-state index in [0.717, 1.165) is 0 Å². The highest BCUT2D eigenvalue weighted by Gasteiger charge is 2.17. The van der Waals surface area contributed by atoms with Gasteiger partial charge in [-0.25, -0.2) is 8.42 Å². The van der Waals surface area contributed by atoms with Crippen molar-refractivity contribution in [2.75, 3.05) is 4.72 Å². The van der Waals surface area contributed by atoms with Crippen LogP contribution >= 0.6 is 23.2 Å². The van der Waals surface area contributed by atoms with Crippen molar-refractivity contribution in [3.05, 3.63) is 64.6 Å². The monoisotopic (exact) mass is 367 g/mol. The molecule has 7 heteroatoms. The van der Waals surface area contributed by atoms with Gasteiger partial charge in [-0.05, 0) is 30.3 Å². The Labute approximate surface area is 143 Å². The summed E-state index contributed by atoms with van der Waals surface area (Å²) in [6.07, 6.45) is 0. The molecule has 23 heavy (non-hydrogen) atoms. The normalized spacial score (nSPS) is 11.6. The second-order valence-electron chi connectivity index (χ2n) is 4.89. The quantitative estimate of drug-likeness (QED) is 0.707. The minimum absolute atomic E-state index is 0.0350. The van der Waals surface area contributed by atoms with Gasteiger partial charge in [0, 0.05) is 20.8 Å². The van der Waals surface area contributed by atoms with Crippen LogP contribution in [0.5, 0.6) is 5.75 Å². The lowest BCUT2D eigenvalue weighted by molar-refractivity contribution is 0.481. The van der Waals surface area contributed by atoms with Crippen LogP contribution in [-0.4, -0.2) is 13.5 Å². The maximum Gasteiger partial charge on any atom is 0.262 e. The molecule has 118 valence electrons. The van der Waals surface area contributed by atoms with Crippen LogP contribution in [0.4, 0.5) is 5.69 Å². The lowest BCUT2D eigenvalue weighted by Crippen LogP contribution is -2.13. The highest BCUT2D eigenvalue weighted by molar-refractivity contribution is 7.92. The first-order chi connectivity index (χ1) is 10.9. The summed E-state index contributed by atoms with van der Waals surface area (Å²) in [6.45, 7) is 0. The van der Waals surface area contributed by atoms with Crippen LogP contribution in [-0.2, 0) is 10.0 Å². The maximum atomic E-state index is 12.5. The number of nitrogens with one attached hydrogen (secondary N) is 1. The number of fused-ring (bicyclic) bond motifs is 1. The second kappa shape index (κ2) is 5.92. The second-order valence-corrected chi connectivity index (χ2v) is 7.44. The standard InChI is InChI=1S/C16H11Cl2NO3S/c17-10-7-11(18)9-12(8-10)23(21,22)19-15-5-1-4-14-13(15)3-2-6-16(14)20/h1-9,19-20H. The molecule has 4 nitrogen and oxygen atoms in total. The molecule has 0 fully saturated rings. The Morgan fingerprint density at radius 1 is 0.870 bits per heavy atom. The number of hydrogen-bond donors (Lipinski definition) is 2. The largest absolute Gasteiger partial charge is 0.507 e. The van der Waals surface area contributed by atoms with Crippen LogP contribution in [0.2, 0.25) is 10.0 Å². The van der Waals surface area contributed by atoms with Crippen LogP contribution in [0, 0.1) is 0 Å². The number of phenols is 1. The van der Waals surface area contributed by atoms with E-state index in [1.165, 1.54) is 24.3 Å². The summed E-state index contributed by atoms with van der Waals surface area (Å²) in [6, 6.07) is 14.0. The first-order valence-corrected chi connectivity index (χ1v) is 8.80. The summed E-state index contributed by atoms with van der Waals surface area (Å²) in [5, 5.41) is 11.5. The number of aromatic hydroxyl groups is 1. The fraction of sp³-hybridized carbons (Fsp3) is 0. The van der Waals surface area contributed by atoms with Gasteiger partial charge in [0.2, 0.25) is 0 Å². The Hall–Kier alpha value is -1.95. The van der Waals surface area contributed by atoms with Gasteiger partial charge >= 0.3 is 0 Å². The Morgan fingerprint density at radius 3 is 2.17 bits per heavy atom. The van der Waals surface area contributed by atoms with Crippen molar-refractivity contribution in [2.24, 2.45) is 0 Å². The van der Waals surface area contributed by atoms with Crippen molar-refractivity contribution in [2.45, 2.75) is 4.90 Å². The fourth-order valence-corrected chi connectivity index (χ4v) is 4.07. The first kappa shape index (κ1) is 15.9. The van der Waals surface area contributed by atoms with Gasteiger partial charge in [-0.1, -0.05) is 47.5 Å². The van der Waals surface area contributed by atoms with Gasteiger partial charge in [0.25, 0.3) is 10.0 Å². The molecule has 0 aromatic heterocycles. The molecule has 0 radical (unpaired) electrons. The molecule has 0 heterocycles. The molecule has 0 aliphatic rings. The van der Waals surface area contributed by atoms with Crippen molar-refractivity contribution >= 4 is 49.7 Å². The third-order valence-electron chi connectivity index (χ3n) is 3.29. The molecule has 0 saturated heterocycles. The van der Waals surface area contributed by atoms with Gasteiger partial charge in [0.15, 0.2) is 0 Å². The summed E-state index contributed by atoms with van der Waals surface area (Å²) in [7, 11) is -3.86. The Kier molecular flexibility index (Phi) is 4.10. The zero-order valence-corrected chi connectivity index (χ0v) is 14.0. The van der Waals surface area contributed by atoms with E-state index in [0.29, 0.717) is 16.5 Å². The third kappa shape index (κ3) is 3.22. The minimum Gasteiger partial charge on any atom is -0.507 e. The van der Waals surface area contributed by atoms with E-state index < -0.39 is 10.0 Å². The van der Waals surface area contributed by atoms with Crippen LogP contribution in [0.15, 0.2) is 59.5 Å². The minimum atomic E-state index is -3.86. The predicted molar refractivity (Wildman–Crippen MR) is 92.9 cm³/mol. The predicted octanol–water partition coefficient (Wildman–Crippen LogP) is 4.65. The van der Waals surface area contributed by atoms with E-state index >= 15 is 0 Å². The van der Waals surface area contributed by atoms with Crippen molar-refractivity contribution in [1.82, 2.24) is 0 Å². The fourth-order valence-electron chi connectivity index (χ4n) is 2.27. The molecule has 0 bridgehead atoms. The van der Waals surface area contributed by atoms with Crippen molar-refractivity contribution in [3.63, 3.8) is 0 Å². The lowest BCUT2D eigenvalue weighted by Gasteiger charge is -2.12. The van der Waals surface area contributed by atoms with Gasteiger partial charge in [-0.15, -0.1) is 0 Å². The number of benzene rings is 3. The van der Waals surface area contributed by atoms with Gasteiger partial charge in [-0.3, -0.25) is 4.72 Å². The van der Waals surface area contributed by atoms with Crippen molar-refractivity contribution in [3.8, 4) is 5.75 Å². The summed E-state index contributed by atoms with van der Waals surface area (Å²) in [5.41, 5.74) is 0.356. The van der Waals surface area contributed by atoms with Crippen LogP contribution in [0.25, 0.3) is 10.8 Å². The van der Waals surface area contributed by atoms with Crippen LogP contribution < -0.4 is 4.72 Å². The number of anilines is 1.